The Hall–Kier alpha value is -2.42. The third-order valence-corrected chi connectivity index (χ3v) is 8.77. The number of anilines is 2. The zero-order valence-corrected chi connectivity index (χ0v) is 21.9. The van der Waals surface area contributed by atoms with Crippen molar-refractivity contribution in [2.45, 2.75) is 44.4 Å². The Morgan fingerprint density at radius 1 is 0.914 bits per heavy atom. The average molecular weight is 516 g/mol. The predicted molar refractivity (Wildman–Crippen MR) is 144 cm³/mol. The van der Waals surface area contributed by atoms with Crippen LogP contribution in [0.2, 0.25) is 5.02 Å². The van der Waals surface area contributed by atoms with Crippen LogP contribution in [-0.2, 0) is 10.0 Å². The number of halogens is 1. The SMILES string of the molecule is CCN(CC)c1nc(NC[C@H]2CC[C@H](CNS(=O)(=O)c3ccccc3Cl)CC2)nc2ccccc12. The maximum absolute atomic E-state index is 12.6. The molecule has 9 heteroatoms. The molecule has 0 radical (unpaired) electrons. The van der Waals surface area contributed by atoms with Gasteiger partial charge in [0.1, 0.15) is 10.7 Å². The van der Waals surface area contributed by atoms with Crippen LogP contribution in [0.3, 0.4) is 0 Å². The van der Waals surface area contributed by atoms with E-state index in [1.807, 2.05) is 18.2 Å². The Balaban J connectivity index is 1.32. The van der Waals surface area contributed by atoms with Gasteiger partial charge in [0.15, 0.2) is 0 Å². The minimum atomic E-state index is -3.60. The molecule has 0 spiro atoms. The van der Waals surface area contributed by atoms with Crippen LogP contribution in [-0.4, -0.2) is 44.6 Å². The standard InChI is InChI=1S/C26H34ClN5O2S/c1-3-32(4-2)25-21-9-5-7-11-23(21)30-26(31-25)28-17-19-13-15-20(16-14-19)18-29-35(33,34)24-12-8-6-10-22(24)27/h5-12,19-20,29H,3-4,13-18H2,1-2H3,(H,28,30,31)/t19-,20-. The number of nitrogens with zero attached hydrogens (tertiary/aromatic N) is 3. The normalized spacial score (nSPS) is 18.5. The first-order valence-corrected chi connectivity index (χ1v) is 14.3. The second-order valence-corrected chi connectivity index (χ2v) is 11.3. The lowest BCUT2D eigenvalue weighted by Crippen LogP contribution is -2.32. The van der Waals surface area contributed by atoms with E-state index in [0.717, 1.165) is 62.0 Å². The minimum Gasteiger partial charge on any atom is -0.356 e. The minimum absolute atomic E-state index is 0.138. The van der Waals surface area contributed by atoms with Gasteiger partial charge in [0, 0.05) is 31.6 Å². The van der Waals surface area contributed by atoms with Crippen molar-refractivity contribution in [3.8, 4) is 0 Å². The highest BCUT2D eigenvalue weighted by Crippen LogP contribution is 2.30. The number of benzene rings is 2. The summed E-state index contributed by atoms with van der Waals surface area (Å²) >= 11 is 6.07. The highest BCUT2D eigenvalue weighted by atomic mass is 35.5. The van der Waals surface area contributed by atoms with Crippen molar-refractivity contribution in [1.29, 1.82) is 0 Å². The molecule has 4 rings (SSSR count). The van der Waals surface area contributed by atoms with Gasteiger partial charge in [0.2, 0.25) is 16.0 Å². The largest absolute Gasteiger partial charge is 0.356 e. The van der Waals surface area contributed by atoms with E-state index in [9.17, 15) is 8.42 Å². The van der Waals surface area contributed by atoms with E-state index >= 15 is 0 Å². The smallest absolute Gasteiger partial charge is 0.242 e. The molecular weight excluding hydrogens is 482 g/mol. The number of rotatable bonds is 10. The molecule has 0 saturated heterocycles. The molecule has 188 valence electrons. The number of aromatic nitrogens is 2. The fourth-order valence-electron chi connectivity index (χ4n) is 4.75. The number of sulfonamides is 1. The number of para-hydroxylation sites is 1. The summed E-state index contributed by atoms with van der Waals surface area (Å²) < 4.78 is 28.0. The van der Waals surface area contributed by atoms with E-state index < -0.39 is 10.0 Å². The quantitative estimate of drug-likeness (QED) is 0.379. The molecule has 0 aliphatic heterocycles. The monoisotopic (exact) mass is 515 g/mol. The van der Waals surface area contributed by atoms with E-state index in [-0.39, 0.29) is 9.92 Å². The van der Waals surface area contributed by atoms with Crippen LogP contribution in [0.25, 0.3) is 10.9 Å². The first kappa shape index (κ1) is 25.7. The van der Waals surface area contributed by atoms with E-state index in [1.165, 1.54) is 6.07 Å². The molecule has 2 N–H and O–H groups in total. The van der Waals surface area contributed by atoms with Gasteiger partial charge in [-0.1, -0.05) is 35.9 Å². The van der Waals surface area contributed by atoms with Gasteiger partial charge in [-0.05, 0) is 75.6 Å². The van der Waals surface area contributed by atoms with Crippen molar-refractivity contribution in [2.75, 3.05) is 36.4 Å². The summed E-state index contributed by atoms with van der Waals surface area (Å²) in [5.41, 5.74) is 0.946. The van der Waals surface area contributed by atoms with Gasteiger partial charge in [-0.3, -0.25) is 0 Å². The Morgan fingerprint density at radius 2 is 1.54 bits per heavy atom. The van der Waals surface area contributed by atoms with Crippen LogP contribution in [0.1, 0.15) is 39.5 Å². The molecule has 1 saturated carbocycles. The molecular formula is C26H34ClN5O2S. The summed E-state index contributed by atoms with van der Waals surface area (Å²) in [6.07, 6.45) is 4.06. The van der Waals surface area contributed by atoms with Crippen molar-refractivity contribution in [3.63, 3.8) is 0 Å². The predicted octanol–water partition coefficient (Wildman–Crippen LogP) is 5.33. The summed E-state index contributed by atoms with van der Waals surface area (Å²) in [6, 6.07) is 14.7. The first-order valence-electron chi connectivity index (χ1n) is 12.4. The Morgan fingerprint density at radius 3 is 2.23 bits per heavy atom. The van der Waals surface area contributed by atoms with Crippen molar-refractivity contribution in [2.24, 2.45) is 11.8 Å². The summed E-state index contributed by atoms with van der Waals surface area (Å²) in [6.45, 7) is 7.31. The van der Waals surface area contributed by atoms with Gasteiger partial charge in [-0.15, -0.1) is 0 Å². The topological polar surface area (TPSA) is 87.2 Å². The van der Waals surface area contributed by atoms with Crippen molar-refractivity contribution in [1.82, 2.24) is 14.7 Å². The zero-order valence-electron chi connectivity index (χ0n) is 20.4. The van der Waals surface area contributed by atoms with Crippen LogP contribution in [0, 0.1) is 11.8 Å². The summed E-state index contributed by atoms with van der Waals surface area (Å²) in [7, 11) is -3.60. The van der Waals surface area contributed by atoms with Gasteiger partial charge in [0.05, 0.1) is 10.5 Å². The number of fused-ring (bicyclic) bond motifs is 1. The number of hydrogen-bond acceptors (Lipinski definition) is 6. The third-order valence-electron chi connectivity index (χ3n) is 6.85. The summed E-state index contributed by atoms with van der Waals surface area (Å²) in [5.74, 6) is 2.48. The van der Waals surface area contributed by atoms with Crippen molar-refractivity contribution < 1.29 is 8.42 Å². The maximum atomic E-state index is 12.6. The van der Waals surface area contributed by atoms with Crippen LogP contribution >= 0.6 is 11.6 Å². The Bertz CT molecular complexity index is 1240. The lowest BCUT2D eigenvalue weighted by Gasteiger charge is -2.29. The molecule has 2 aromatic carbocycles. The van der Waals surface area contributed by atoms with Crippen LogP contribution in [0.5, 0.6) is 0 Å². The third kappa shape index (κ3) is 6.23. The highest BCUT2D eigenvalue weighted by Gasteiger charge is 2.24. The summed E-state index contributed by atoms with van der Waals surface area (Å²) in [4.78, 5) is 12.0. The van der Waals surface area contributed by atoms with Gasteiger partial charge in [0.25, 0.3) is 0 Å². The van der Waals surface area contributed by atoms with Crippen molar-refractivity contribution in [3.05, 3.63) is 53.6 Å². The van der Waals surface area contributed by atoms with E-state index in [1.54, 1.807) is 18.2 Å². The zero-order chi connectivity index (χ0) is 24.8. The van der Waals surface area contributed by atoms with Crippen molar-refractivity contribution >= 4 is 44.3 Å². The average Bonchev–Trinajstić information content (AvgIpc) is 2.88. The molecule has 0 amide bonds. The van der Waals surface area contributed by atoms with Gasteiger partial charge >= 0.3 is 0 Å². The molecule has 7 nitrogen and oxygen atoms in total. The van der Waals surface area contributed by atoms with Gasteiger partial charge in [-0.25, -0.2) is 18.1 Å². The van der Waals surface area contributed by atoms with Crippen LogP contribution < -0.4 is 14.9 Å². The highest BCUT2D eigenvalue weighted by molar-refractivity contribution is 7.89. The molecule has 1 aliphatic rings. The number of nitrogens with one attached hydrogen (secondary N) is 2. The van der Waals surface area contributed by atoms with Crippen LogP contribution in [0.15, 0.2) is 53.4 Å². The molecule has 0 unspecified atom stereocenters. The van der Waals surface area contributed by atoms with Gasteiger partial charge in [-0.2, -0.15) is 4.98 Å². The molecule has 35 heavy (non-hydrogen) atoms. The maximum Gasteiger partial charge on any atom is 0.242 e. The molecule has 1 aliphatic carbocycles. The molecule has 1 aromatic heterocycles. The fourth-order valence-corrected chi connectivity index (χ4v) is 6.38. The molecule has 0 atom stereocenters. The van der Waals surface area contributed by atoms with Gasteiger partial charge < -0.3 is 10.2 Å². The fraction of sp³-hybridized carbons (Fsp3) is 0.462. The lowest BCUT2D eigenvalue weighted by atomic mass is 9.82. The second-order valence-electron chi connectivity index (χ2n) is 9.11. The second kappa shape index (κ2) is 11.5. The van der Waals surface area contributed by atoms with E-state index in [0.29, 0.717) is 24.3 Å². The molecule has 1 fully saturated rings. The number of hydrogen-bond donors (Lipinski definition) is 2. The lowest BCUT2D eigenvalue weighted by molar-refractivity contribution is 0.284. The molecule has 1 heterocycles. The molecule has 0 bridgehead atoms. The summed E-state index contributed by atoms with van der Waals surface area (Å²) in [5, 5.41) is 4.79. The first-order chi connectivity index (χ1) is 16.9. The Labute approximate surface area is 213 Å². The Kier molecular flexibility index (Phi) is 8.46. The van der Waals surface area contributed by atoms with Crippen LogP contribution in [0.4, 0.5) is 11.8 Å². The van der Waals surface area contributed by atoms with E-state index in [2.05, 4.69) is 34.9 Å². The molecule has 3 aromatic rings. The van der Waals surface area contributed by atoms with E-state index in [4.69, 9.17) is 21.6 Å².